The van der Waals surface area contributed by atoms with E-state index < -0.39 is 7.92 Å². The second-order valence-electron chi connectivity index (χ2n) is 21.1. The van der Waals surface area contributed by atoms with Gasteiger partial charge in [0.1, 0.15) is 0 Å². The van der Waals surface area contributed by atoms with Gasteiger partial charge in [0.25, 0.3) is 0 Å². The van der Waals surface area contributed by atoms with Gasteiger partial charge in [-0.2, -0.15) is 11.8 Å². The lowest BCUT2D eigenvalue weighted by Crippen LogP contribution is -2.33. The smallest absolute Gasteiger partial charge is 0.0384 e. The predicted molar refractivity (Wildman–Crippen MR) is 255 cm³/mol. The SMILES string of the molecule is CC(C)(C)c1cc(P(c2cc(C(C)(C)C)cc(C(C)(C)C)c2)c2cccc3c2C2(CCc4cccc(NCCSCc5ccccc5)c42)CC3)cc(C(C)(C)C)c1. The van der Waals surface area contributed by atoms with Crippen molar-refractivity contribution in [2.45, 2.75) is 142 Å². The van der Waals surface area contributed by atoms with Gasteiger partial charge >= 0.3 is 0 Å². The number of hydrogen-bond acceptors (Lipinski definition) is 2. The fourth-order valence-electron chi connectivity index (χ4n) is 9.16. The number of nitrogens with one attached hydrogen (secondary N) is 1. The molecule has 300 valence electrons. The first-order chi connectivity index (χ1) is 26.8. The van der Waals surface area contributed by atoms with Gasteiger partial charge in [0.05, 0.1) is 0 Å². The molecular weight excluding hydrogens is 726 g/mol. The van der Waals surface area contributed by atoms with Crippen LogP contribution in [0, 0.1) is 0 Å². The van der Waals surface area contributed by atoms with Crippen LogP contribution < -0.4 is 21.2 Å². The Bertz CT molecular complexity index is 2080. The maximum absolute atomic E-state index is 4.01. The molecule has 2 aliphatic carbocycles. The van der Waals surface area contributed by atoms with Gasteiger partial charge in [-0.25, -0.2) is 0 Å². The van der Waals surface area contributed by atoms with E-state index >= 15 is 0 Å². The van der Waals surface area contributed by atoms with Crippen molar-refractivity contribution >= 4 is 41.3 Å². The molecule has 0 saturated heterocycles. The zero-order valence-electron chi connectivity index (χ0n) is 37.1. The summed E-state index contributed by atoms with van der Waals surface area (Å²) in [4.78, 5) is 0. The molecule has 57 heavy (non-hydrogen) atoms. The second-order valence-corrected chi connectivity index (χ2v) is 24.4. The normalized spacial score (nSPS) is 17.0. The lowest BCUT2D eigenvalue weighted by atomic mass is 9.76. The average molecular weight is 794 g/mol. The molecule has 5 aromatic rings. The molecule has 5 aromatic carbocycles. The maximum Gasteiger partial charge on any atom is 0.0384 e. The van der Waals surface area contributed by atoms with Gasteiger partial charge in [-0.05, 0) is 127 Å². The summed E-state index contributed by atoms with van der Waals surface area (Å²) < 4.78 is 0. The van der Waals surface area contributed by atoms with Crippen LogP contribution in [-0.4, -0.2) is 12.3 Å². The summed E-state index contributed by atoms with van der Waals surface area (Å²) in [6.45, 7) is 29.6. The Balaban J connectivity index is 1.41. The van der Waals surface area contributed by atoms with E-state index in [1.165, 1.54) is 57.0 Å². The van der Waals surface area contributed by atoms with Crippen molar-refractivity contribution in [1.82, 2.24) is 0 Å². The van der Waals surface area contributed by atoms with E-state index in [0.29, 0.717) is 0 Å². The molecule has 2 aliphatic rings. The second kappa shape index (κ2) is 15.7. The van der Waals surface area contributed by atoms with Crippen molar-refractivity contribution in [2.24, 2.45) is 0 Å². The van der Waals surface area contributed by atoms with Crippen LogP contribution in [-0.2, 0) is 45.7 Å². The molecule has 0 fully saturated rings. The van der Waals surface area contributed by atoms with E-state index in [1.807, 2.05) is 11.8 Å². The highest BCUT2D eigenvalue weighted by Crippen LogP contribution is 2.56. The maximum atomic E-state index is 4.01. The Morgan fingerprint density at radius 1 is 0.544 bits per heavy atom. The molecule has 3 heteroatoms. The van der Waals surface area contributed by atoms with Gasteiger partial charge in [-0.3, -0.25) is 0 Å². The van der Waals surface area contributed by atoms with Crippen LogP contribution in [0.25, 0.3) is 0 Å². The molecule has 1 unspecified atom stereocenters. The fourth-order valence-corrected chi connectivity index (χ4v) is 12.7. The van der Waals surface area contributed by atoms with Crippen LogP contribution >= 0.6 is 19.7 Å². The van der Waals surface area contributed by atoms with Crippen LogP contribution in [0.15, 0.2) is 103 Å². The summed E-state index contributed by atoms with van der Waals surface area (Å²) in [7, 11) is -0.905. The van der Waals surface area contributed by atoms with Crippen molar-refractivity contribution in [3.05, 3.63) is 153 Å². The fraction of sp³-hybridized carbons (Fsp3) is 0.444. The van der Waals surface area contributed by atoms with Crippen LogP contribution in [0.1, 0.15) is 146 Å². The van der Waals surface area contributed by atoms with Gasteiger partial charge in [0.2, 0.25) is 0 Å². The highest BCUT2D eigenvalue weighted by molar-refractivity contribution is 7.98. The van der Waals surface area contributed by atoms with E-state index in [-0.39, 0.29) is 27.1 Å². The van der Waals surface area contributed by atoms with Crippen LogP contribution in [0.5, 0.6) is 0 Å². The number of rotatable bonds is 9. The molecule has 7 rings (SSSR count). The van der Waals surface area contributed by atoms with Gasteiger partial charge in [-0.1, -0.05) is 180 Å². The summed E-state index contributed by atoms with van der Waals surface area (Å²) >= 11 is 2.02. The number of thioether (sulfide) groups is 1. The number of anilines is 1. The Morgan fingerprint density at radius 2 is 1.02 bits per heavy atom. The van der Waals surface area contributed by atoms with Gasteiger partial charge < -0.3 is 5.32 Å². The molecule has 0 radical (unpaired) electrons. The molecule has 0 aliphatic heterocycles. The van der Waals surface area contributed by atoms with Crippen LogP contribution in [0.4, 0.5) is 5.69 Å². The van der Waals surface area contributed by atoms with Gasteiger partial charge in [0, 0.05) is 29.2 Å². The number of aryl methyl sites for hydroxylation is 2. The third kappa shape index (κ3) is 8.70. The van der Waals surface area contributed by atoms with E-state index in [0.717, 1.165) is 30.9 Å². The van der Waals surface area contributed by atoms with E-state index in [4.69, 9.17) is 0 Å². The number of fused-ring (bicyclic) bond motifs is 4. The van der Waals surface area contributed by atoms with Gasteiger partial charge in [-0.15, -0.1) is 0 Å². The first kappa shape index (κ1) is 41.8. The minimum Gasteiger partial charge on any atom is -0.384 e. The minimum absolute atomic E-state index is 0.00556. The lowest BCUT2D eigenvalue weighted by molar-refractivity contribution is 0.510. The third-order valence-corrected chi connectivity index (χ3v) is 16.0. The molecule has 1 nitrogen and oxygen atoms in total. The molecule has 1 spiro atoms. The Hall–Kier alpha value is -3.32. The molecule has 0 saturated carbocycles. The monoisotopic (exact) mass is 793 g/mol. The van der Waals surface area contributed by atoms with Crippen LogP contribution in [0.3, 0.4) is 0 Å². The molecule has 0 aromatic heterocycles. The van der Waals surface area contributed by atoms with Crippen molar-refractivity contribution < 1.29 is 0 Å². The molecular formula is C54H68NPS. The van der Waals surface area contributed by atoms with Crippen molar-refractivity contribution in [3.8, 4) is 0 Å². The summed E-state index contributed by atoms with van der Waals surface area (Å²) in [5.41, 5.74) is 15.0. The zero-order chi connectivity index (χ0) is 41.0. The van der Waals surface area contributed by atoms with Crippen molar-refractivity contribution in [3.63, 3.8) is 0 Å². The third-order valence-electron chi connectivity index (χ3n) is 12.6. The molecule has 0 amide bonds. The average Bonchev–Trinajstić information content (AvgIpc) is 3.72. The van der Waals surface area contributed by atoms with E-state index in [2.05, 4.69) is 192 Å². The molecule has 1 N–H and O–H groups in total. The standard InChI is InChI=1S/C54H68NPS/c1-50(2,3)40-30-41(51(4,5)6)33-44(32-40)56(45-34-42(52(7,8)9)31-43(35-45)53(10,11)12)47-23-17-21-39-25-27-54(49(39)47)26-24-38-20-16-22-46(48(38)54)55-28-29-57-36-37-18-14-13-15-19-37/h13-23,30-35,55H,24-29,36H2,1-12H3. The first-order valence-electron chi connectivity index (χ1n) is 21.5. The molecule has 0 heterocycles. The summed E-state index contributed by atoms with van der Waals surface area (Å²) in [5.74, 6) is 2.14. The van der Waals surface area contributed by atoms with Crippen molar-refractivity contribution in [1.29, 1.82) is 0 Å². The minimum atomic E-state index is -0.905. The number of benzene rings is 5. The Morgan fingerprint density at radius 3 is 1.51 bits per heavy atom. The number of hydrogen-bond donors (Lipinski definition) is 1. The Labute approximate surface area is 352 Å². The Kier molecular flexibility index (Phi) is 11.5. The topological polar surface area (TPSA) is 12.0 Å². The summed E-state index contributed by atoms with van der Waals surface area (Å²) in [6.07, 6.45) is 4.64. The lowest BCUT2D eigenvalue weighted by Gasteiger charge is -2.35. The highest BCUT2D eigenvalue weighted by Gasteiger charge is 2.48. The largest absolute Gasteiger partial charge is 0.384 e. The predicted octanol–water partition coefficient (Wildman–Crippen LogP) is 13.2. The van der Waals surface area contributed by atoms with Crippen LogP contribution in [0.2, 0.25) is 0 Å². The van der Waals surface area contributed by atoms with Crippen molar-refractivity contribution in [2.75, 3.05) is 17.6 Å². The zero-order valence-corrected chi connectivity index (χ0v) is 38.8. The molecule has 1 atom stereocenters. The van der Waals surface area contributed by atoms with E-state index in [9.17, 15) is 0 Å². The summed E-state index contributed by atoms with van der Waals surface area (Å²) in [5, 5.41) is 8.55. The summed E-state index contributed by atoms with van der Waals surface area (Å²) in [6, 6.07) is 40.8. The first-order valence-corrected chi connectivity index (χ1v) is 24.0. The highest BCUT2D eigenvalue weighted by atomic mass is 32.2. The van der Waals surface area contributed by atoms with Gasteiger partial charge in [0.15, 0.2) is 0 Å². The molecule has 0 bridgehead atoms. The van der Waals surface area contributed by atoms with E-state index in [1.54, 1.807) is 27.6 Å². The quantitative estimate of drug-likeness (QED) is 0.118.